The summed E-state index contributed by atoms with van der Waals surface area (Å²) in [5, 5.41) is 14.4. The lowest BCUT2D eigenvalue weighted by Gasteiger charge is -2.27. The van der Waals surface area contributed by atoms with Crippen molar-refractivity contribution in [3.8, 4) is 0 Å². The van der Waals surface area contributed by atoms with Gasteiger partial charge in [0, 0.05) is 26.1 Å². The van der Waals surface area contributed by atoms with Gasteiger partial charge in [0.2, 0.25) is 0 Å². The van der Waals surface area contributed by atoms with Gasteiger partial charge in [0.15, 0.2) is 5.78 Å². The summed E-state index contributed by atoms with van der Waals surface area (Å²) in [4.78, 5) is 17.6. The second-order valence-electron chi connectivity index (χ2n) is 5.74. The second-order valence-corrected chi connectivity index (χ2v) is 5.74. The number of rotatable bonds is 6. The molecule has 5 nitrogen and oxygen atoms in total. The summed E-state index contributed by atoms with van der Waals surface area (Å²) in [5.41, 5.74) is 0.975. The molecule has 1 N–H and O–H groups in total. The van der Waals surface area contributed by atoms with Crippen molar-refractivity contribution in [2.24, 2.45) is 17.0 Å². The summed E-state index contributed by atoms with van der Waals surface area (Å²) >= 11 is 0. The van der Waals surface area contributed by atoms with E-state index < -0.39 is 0 Å². The topological polar surface area (TPSA) is 68.1 Å². The molecule has 1 fully saturated rings. The Morgan fingerprint density at radius 2 is 2.19 bits per heavy atom. The van der Waals surface area contributed by atoms with Crippen molar-refractivity contribution in [2.75, 3.05) is 19.8 Å². The van der Waals surface area contributed by atoms with Gasteiger partial charge in [0.1, 0.15) is 12.4 Å². The van der Waals surface area contributed by atoms with Crippen molar-refractivity contribution in [3.63, 3.8) is 0 Å². The molecule has 1 heterocycles. The van der Waals surface area contributed by atoms with Gasteiger partial charge in [-0.1, -0.05) is 18.5 Å². The highest BCUT2D eigenvalue weighted by Crippen LogP contribution is 2.35. The van der Waals surface area contributed by atoms with Crippen LogP contribution in [0.3, 0.4) is 0 Å². The van der Waals surface area contributed by atoms with E-state index in [1.807, 2.05) is 13.8 Å². The van der Waals surface area contributed by atoms with E-state index >= 15 is 0 Å². The van der Waals surface area contributed by atoms with Crippen LogP contribution in [0.25, 0.3) is 0 Å². The Hall–Kier alpha value is -1.36. The molecule has 1 aliphatic heterocycles. The number of aliphatic hydroxyl groups excluding tert-OH is 1. The number of carbonyl (C=O) groups is 1. The van der Waals surface area contributed by atoms with Gasteiger partial charge in [-0.3, -0.25) is 4.79 Å². The normalized spacial score (nSPS) is 27.3. The number of oxime groups is 1. The molecule has 0 aromatic rings. The zero-order chi connectivity index (χ0) is 15.2. The first-order chi connectivity index (χ1) is 10.2. The number of nitrogens with zero attached hydrogens (tertiary/aromatic N) is 1. The molecule has 5 heteroatoms. The number of hydrogen-bond donors (Lipinski definition) is 1. The van der Waals surface area contributed by atoms with Gasteiger partial charge in [0.05, 0.1) is 11.3 Å². The zero-order valence-corrected chi connectivity index (χ0v) is 12.9. The first-order valence-corrected chi connectivity index (χ1v) is 7.89. The van der Waals surface area contributed by atoms with E-state index in [9.17, 15) is 9.90 Å². The maximum Gasteiger partial charge on any atom is 0.168 e. The Morgan fingerprint density at radius 3 is 2.76 bits per heavy atom. The molecule has 1 aliphatic carbocycles. The first kappa shape index (κ1) is 16.0. The maximum absolute atomic E-state index is 12.5. The molecule has 0 aromatic carbocycles. The molecule has 0 saturated carbocycles. The van der Waals surface area contributed by atoms with Gasteiger partial charge in [-0.15, -0.1) is 0 Å². The molecule has 0 aromatic heterocycles. The minimum absolute atomic E-state index is 0.0115. The molecule has 1 saturated heterocycles. The van der Waals surface area contributed by atoms with Gasteiger partial charge in [-0.05, 0) is 31.6 Å². The third kappa shape index (κ3) is 3.84. The van der Waals surface area contributed by atoms with Crippen LogP contribution in [0.1, 0.15) is 46.0 Å². The minimum Gasteiger partial charge on any atom is -0.511 e. The van der Waals surface area contributed by atoms with Crippen molar-refractivity contribution in [2.45, 2.75) is 46.0 Å². The molecule has 0 radical (unpaired) electrons. The zero-order valence-electron chi connectivity index (χ0n) is 12.9. The first-order valence-electron chi connectivity index (χ1n) is 7.89. The van der Waals surface area contributed by atoms with Gasteiger partial charge >= 0.3 is 0 Å². The summed E-state index contributed by atoms with van der Waals surface area (Å²) < 4.78 is 5.39. The lowest BCUT2D eigenvalue weighted by molar-refractivity contribution is -0.117. The number of allylic oxidation sites excluding steroid dienone is 2. The molecular weight excluding hydrogens is 270 g/mol. The lowest BCUT2D eigenvalue weighted by atomic mass is 9.77. The van der Waals surface area contributed by atoms with E-state index in [2.05, 4.69) is 5.16 Å². The highest BCUT2D eigenvalue weighted by atomic mass is 16.6. The van der Waals surface area contributed by atoms with Crippen LogP contribution >= 0.6 is 0 Å². The van der Waals surface area contributed by atoms with Crippen LogP contribution in [0.4, 0.5) is 0 Å². The van der Waals surface area contributed by atoms with Crippen LogP contribution in [0.2, 0.25) is 0 Å². The van der Waals surface area contributed by atoms with E-state index in [0.717, 1.165) is 19.4 Å². The van der Waals surface area contributed by atoms with Crippen LogP contribution in [0, 0.1) is 11.8 Å². The fourth-order valence-corrected chi connectivity index (χ4v) is 3.10. The molecular formula is C16H25NO4. The van der Waals surface area contributed by atoms with Crippen LogP contribution < -0.4 is 0 Å². The third-order valence-electron chi connectivity index (χ3n) is 4.18. The molecule has 2 rings (SSSR count). The van der Waals surface area contributed by atoms with Gasteiger partial charge in [0.25, 0.3) is 0 Å². The number of ketones is 1. The van der Waals surface area contributed by atoms with E-state index in [-0.39, 0.29) is 17.5 Å². The number of aliphatic hydroxyl groups is 1. The number of Topliss-reactive ketones (excluding diaryl/α,β-unsaturated/α-hetero) is 1. The summed E-state index contributed by atoms with van der Waals surface area (Å²) in [6, 6.07) is 0. The van der Waals surface area contributed by atoms with Crippen LogP contribution in [-0.4, -0.2) is 36.4 Å². The Labute approximate surface area is 126 Å². The fourth-order valence-electron chi connectivity index (χ4n) is 3.10. The fraction of sp³-hybridized carbons (Fsp3) is 0.750. The average Bonchev–Trinajstić information content (AvgIpc) is 2.98. The molecule has 118 valence electrons. The van der Waals surface area contributed by atoms with E-state index in [4.69, 9.17) is 9.57 Å². The quantitative estimate of drug-likeness (QED) is 0.604. The molecule has 0 bridgehead atoms. The molecule has 2 unspecified atom stereocenters. The van der Waals surface area contributed by atoms with Crippen LogP contribution in [0.15, 0.2) is 16.5 Å². The highest BCUT2D eigenvalue weighted by Gasteiger charge is 2.35. The predicted molar refractivity (Wildman–Crippen MR) is 80.3 cm³/mol. The van der Waals surface area contributed by atoms with Crippen molar-refractivity contribution in [1.29, 1.82) is 0 Å². The molecule has 0 spiro atoms. The summed E-state index contributed by atoms with van der Waals surface area (Å²) in [5.74, 6) is 0.743. The van der Waals surface area contributed by atoms with E-state index in [0.29, 0.717) is 49.7 Å². The minimum atomic E-state index is -0.0115. The van der Waals surface area contributed by atoms with Gasteiger partial charge in [-0.2, -0.15) is 0 Å². The van der Waals surface area contributed by atoms with Crippen molar-refractivity contribution < 1.29 is 19.5 Å². The maximum atomic E-state index is 12.5. The number of hydrogen-bond acceptors (Lipinski definition) is 5. The second kappa shape index (κ2) is 7.59. The Kier molecular flexibility index (Phi) is 5.79. The Balaban J connectivity index is 2.17. The molecule has 21 heavy (non-hydrogen) atoms. The Morgan fingerprint density at radius 1 is 1.38 bits per heavy atom. The number of ether oxygens (including phenoxy) is 1. The summed E-state index contributed by atoms with van der Waals surface area (Å²) in [6.45, 7) is 5.79. The Bertz CT molecular complexity index is 436. The lowest BCUT2D eigenvalue weighted by Crippen LogP contribution is -2.29. The predicted octanol–water partition coefficient (Wildman–Crippen LogP) is 3.01. The molecule has 2 aliphatic rings. The van der Waals surface area contributed by atoms with Crippen LogP contribution in [-0.2, 0) is 14.4 Å². The SMILES string of the molecule is CCC/C(=N/OCC)C1=C(O)CC(C2CCOC2)CC1=O. The van der Waals surface area contributed by atoms with Crippen molar-refractivity contribution >= 4 is 11.5 Å². The van der Waals surface area contributed by atoms with Crippen molar-refractivity contribution in [1.82, 2.24) is 0 Å². The summed E-state index contributed by atoms with van der Waals surface area (Å²) in [7, 11) is 0. The summed E-state index contributed by atoms with van der Waals surface area (Å²) in [6.07, 6.45) is 3.50. The van der Waals surface area contributed by atoms with Crippen molar-refractivity contribution in [3.05, 3.63) is 11.3 Å². The highest BCUT2D eigenvalue weighted by molar-refractivity contribution is 6.23. The van der Waals surface area contributed by atoms with E-state index in [1.165, 1.54) is 0 Å². The van der Waals surface area contributed by atoms with Gasteiger partial charge < -0.3 is 14.7 Å². The van der Waals surface area contributed by atoms with E-state index in [1.54, 1.807) is 0 Å². The van der Waals surface area contributed by atoms with Gasteiger partial charge in [-0.25, -0.2) is 0 Å². The standard InChI is InChI=1S/C16H25NO4/c1-3-5-13(17-21-4-2)16-14(18)8-12(9-15(16)19)11-6-7-20-10-11/h11-12,18H,3-10H2,1-2H3/b17-13-. The largest absolute Gasteiger partial charge is 0.511 e. The smallest absolute Gasteiger partial charge is 0.168 e. The molecule has 2 atom stereocenters. The third-order valence-corrected chi connectivity index (χ3v) is 4.18. The molecule has 0 amide bonds. The van der Waals surface area contributed by atoms with Crippen LogP contribution in [0.5, 0.6) is 0 Å². The average molecular weight is 295 g/mol. The monoisotopic (exact) mass is 295 g/mol. The number of carbonyl (C=O) groups excluding carboxylic acids is 1.